The first-order valence-corrected chi connectivity index (χ1v) is 16.3. The molecule has 44 heavy (non-hydrogen) atoms. The SMILES string of the molecule is CCOc1ccc(N2CC=C[C@@H]3S[C@]45C=CCN(C(C)(C)C)C(=O)C4N([C@@H](CO)Cc4ccccc4)C(=O)[C@@H]5[C@@H]3C2=O)cc1. The maximum atomic E-state index is 14.8. The van der Waals surface area contributed by atoms with E-state index in [1.807, 2.05) is 111 Å². The second kappa shape index (κ2) is 11.7. The molecular weight excluding hydrogens is 574 g/mol. The summed E-state index contributed by atoms with van der Waals surface area (Å²) in [7, 11) is 0. The van der Waals surface area contributed by atoms with Crippen molar-refractivity contribution >= 4 is 35.2 Å². The largest absolute Gasteiger partial charge is 0.494 e. The Morgan fingerprint density at radius 3 is 2.36 bits per heavy atom. The van der Waals surface area contributed by atoms with E-state index in [0.29, 0.717) is 26.1 Å². The van der Waals surface area contributed by atoms with E-state index < -0.39 is 34.2 Å². The number of carbonyl (C=O) groups excluding carboxylic acids is 3. The third-order valence-corrected chi connectivity index (χ3v) is 11.0. The van der Waals surface area contributed by atoms with Crippen LogP contribution in [-0.4, -0.2) is 86.6 Å². The lowest BCUT2D eigenvalue weighted by Crippen LogP contribution is -2.59. The Bertz CT molecular complexity index is 1470. The molecule has 8 nitrogen and oxygen atoms in total. The number of benzene rings is 2. The highest BCUT2D eigenvalue weighted by atomic mass is 32.2. The Labute approximate surface area is 263 Å². The van der Waals surface area contributed by atoms with E-state index in [1.54, 1.807) is 21.6 Å². The lowest BCUT2D eigenvalue weighted by Gasteiger charge is -2.42. The van der Waals surface area contributed by atoms with Gasteiger partial charge < -0.3 is 24.5 Å². The summed E-state index contributed by atoms with van der Waals surface area (Å²) < 4.78 is 4.66. The van der Waals surface area contributed by atoms with Crippen molar-refractivity contribution in [1.82, 2.24) is 9.80 Å². The number of aliphatic hydroxyl groups excluding tert-OH is 1. The molecule has 4 aliphatic rings. The molecule has 2 aromatic carbocycles. The van der Waals surface area contributed by atoms with Gasteiger partial charge in [-0.3, -0.25) is 14.4 Å². The van der Waals surface area contributed by atoms with Gasteiger partial charge in [0.05, 0.1) is 35.8 Å². The molecule has 0 saturated carbocycles. The molecule has 2 aromatic rings. The number of nitrogens with zero attached hydrogens (tertiary/aromatic N) is 3. The summed E-state index contributed by atoms with van der Waals surface area (Å²) in [5.74, 6) is -1.21. The third kappa shape index (κ3) is 5.04. The van der Waals surface area contributed by atoms with Crippen molar-refractivity contribution in [3.8, 4) is 5.75 Å². The minimum absolute atomic E-state index is 0.131. The van der Waals surface area contributed by atoms with Crippen LogP contribution in [0.3, 0.4) is 0 Å². The first-order valence-electron chi connectivity index (χ1n) is 15.5. The fraction of sp³-hybridized carbons (Fsp3) is 0.457. The standard InChI is InChI=1S/C35H41N3O5S/c1-5-43-26-16-14-24(15-17-26)36-19-9-13-27-28(31(36)40)29-32(41)38(25(22-39)21-23-11-7-6-8-12-23)30-33(42)37(34(2,3)4)20-10-18-35(29,30)44-27/h6-18,25,27-30,39H,5,19-22H2,1-4H3/t25-,27+,28-,29+,30?,35+/m1/s1. The molecular formula is C35H41N3O5S. The average Bonchev–Trinajstić information content (AvgIpc) is 3.31. The number of anilines is 1. The number of likely N-dealkylation sites (tertiary alicyclic amines) is 1. The number of thioether (sulfide) groups is 1. The zero-order valence-electron chi connectivity index (χ0n) is 25.8. The van der Waals surface area contributed by atoms with Gasteiger partial charge in [0.15, 0.2) is 0 Å². The van der Waals surface area contributed by atoms with Crippen molar-refractivity contribution in [3.63, 3.8) is 0 Å². The van der Waals surface area contributed by atoms with Crippen LogP contribution in [0, 0.1) is 11.8 Å². The maximum Gasteiger partial charge on any atom is 0.247 e. The van der Waals surface area contributed by atoms with Crippen LogP contribution in [0.4, 0.5) is 5.69 Å². The van der Waals surface area contributed by atoms with Gasteiger partial charge in [-0.05, 0) is 63.9 Å². The van der Waals surface area contributed by atoms with E-state index in [9.17, 15) is 19.5 Å². The highest BCUT2D eigenvalue weighted by Crippen LogP contribution is 2.61. The summed E-state index contributed by atoms with van der Waals surface area (Å²) in [6.07, 6.45) is 8.47. The van der Waals surface area contributed by atoms with Gasteiger partial charge >= 0.3 is 0 Å². The molecule has 1 N–H and O–H groups in total. The number of hydrogen-bond acceptors (Lipinski definition) is 6. The molecule has 9 heteroatoms. The average molecular weight is 616 g/mol. The number of aliphatic hydroxyl groups is 1. The van der Waals surface area contributed by atoms with E-state index in [0.717, 1.165) is 17.0 Å². The fourth-order valence-corrected chi connectivity index (χ4v) is 9.32. The molecule has 6 rings (SSSR count). The van der Waals surface area contributed by atoms with Crippen molar-refractivity contribution in [2.75, 3.05) is 31.2 Å². The van der Waals surface area contributed by atoms with Gasteiger partial charge in [0.2, 0.25) is 17.7 Å². The van der Waals surface area contributed by atoms with Crippen molar-refractivity contribution in [3.05, 3.63) is 84.5 Å². The number of rotatable bonds is 7. The van der Waals surface area contributed by atoms with Crippen LogP contribution in [0.25, 0.3) is 0 Å². The van der Waals surface area contributed by atoms with Crippen molar-refractivity contribution in [2.24, 2.45) is 11.8 Å². The topological polar surface area (TPSA) is 90.4 Å². The molecule has 0 bridgehead atoms. The van der Waals surface area contributed by atoms with Gasteiger partial charge in [0.1, 0.15) is 11.8 Å². The van der Waals surface area contributed by atoms with E-state index >= 15 is 0 Å². The lowest BCUT2D eigenvalue weighted by atomic mass is 9.78. The molecule has 2 saturated heterocycles. The van der Waals surface area contributed by atoms with Crippen LogP contribution in [-0.2, 0) is 20.8 Å². The molecule has 0 aromatic heterocycles. The molecule has 2 fully saturated rings. The summed E-state index contributed by atoms with van der Waals surface area (Å²) in [6, 6.07) is 15.7. The number of amides is 3. The molecule has 0 aliphatic carbocycles. The zero-order chi connectivity index (χ0) is 31.2. The number of fused-ring (bicyclic) bond motifs is 2. The van der Waals surface area contributed by atoms with Gasteiger partial charge in [0, 0.05) is 29.6 Å². The summed E-state index contributed by atoms with van der Waals surface area (Å²) >= 11 is 1.56. The first-order chi connectivity index (χ1) is 21.1. The van der Waals surface area contributed by atoms with E-state index in [2.05, 4.69) is 0 Å². The highest BCUT2D eigenvalue weighted by molar-refractivity contribution is 8.02. The molecule has 0 radical (unpaired) electrons. The molecule has 6 atom stereocenters. The molecule has 1 spiro atoms. The molecule has 4 heterocycles. The Hall–Kier alpha value is -3.56. The van der Waals surface area contributed by atoms with Gasteiger partial charge in [-0.2, -0.15) is 0 Å². The quantitative estimate of drug-likeness (QED) is 0.472. The summed E-state index contributed by atoms with van der Waals surface area (Å²) in [4.78, 5) is 49.2. The minimum Gasteiger partial charge on any atom is -0.494 e. The second-order valence-electron chi connectivity index (χ2n) is 12.9. The predicted octanol–water partition coefficient (Wildman–Crippen LogP) is 4.09. The number of carbonyl (C=O) groups is 3. The van der Waals surface area contributed by atoms with E-state index in [4.69, 9.17) is 4.74 Å². The van der Waals surface area contributed by atoms with Crippen molar-refractivity contribution < 1.29 is 24.2 Å². The Morgan fingerprint density at radius 2 is 1.70 bits per heavy atom. The normalized spacial score (nSPS) is 28.8. The molecule has 232 valence electrons. The zero-order valence-corrected chi connectivity index (χ0v) is 26.6. The highest BCUT2D eigenvalue weighted by Gasteiger charge is 2.72. The van der Waals surface area contributed by atoms with Gasteiger partial charge in [0.25, 0.3) is 0 Å². The van der Waals surface area contributed by atoms with E-state index in [-0.39, 0.29) is 29.6 Å². The predicted molar refractivity (Wildman–Crippen MR) is 172 cm³/mol. The molecule has 4 aliphatic heterocycles. The van der Waals surface area contributed by atoms with Crippen LogP contribution in [0.1, 0.15) is 33.3 Å². The van der Waals surface area contributed by atoms with Gasteiger partial charge in [-0.1, -0.05) is 54.6 Å². The van der Waals surface area contributed by atoms with Crippen LogP contribution in [0.2, 0.25) is 0 Å². The Balaban J connectivity index is 1.43. The van der Waals surface area contributed by atoms with E-state index in [1.165, 1.54) is 0 Å². The lowest BCUT2D eigenvalue weighted by molar-refractivity contribution is -0.148. The van der Waals surface area contributed by atoms with Crippen molar-refractivity contribution in [1.29, 1.82) is 0 Å². The smallest absolute Gasteiger partial charge is 0.247 e. The fourth-order valence-electron chi connectivity index (χ4n) is 7.33. The Kier molecular flexibility index (Phi) is 8.13. The van der Waals surface area contributed by atoms with Crippen LogP contribution in [0.5, 0.6) is 5.75 Å². The van der Waals surface area contributed by atoms with Gasteiger partial charge in [-0.15, -0.1) is 11.8 Å². The number of ether oxygens (including phenoxy) is 1. The van der Waals surface area contributed by atoms with Crippen LogP contribution in [0.15, 0.2) is 78.9 Å². The van der Waals surface area contributed by atoms with Crippen LogP contribution < -0.4 is 9.64 Å². The minimum atomic E-state index is -0.949. The molecule has 1 unspecified atom stereocenters. The summed E-state index contributed by atoms with van der Waals surface area (Å²) in [6.45, 7) is 8.97. The van der Waals surface area contributed by atoms with Crippen LogP contribution >= 0.6 is 11.8 Å². The van der Waals surface area contributed by atoms with Crippen molar-refractivity contribution in [2.45, 2.75) is 61.7 Å². The molecule has 3 amide bonds. The maximum absolute atomic E-state index is 14.8. The Morgan fingerprint density at radius 1 is 0.977 bits per heavy atom. The monoisotopic (exact) mass is 615 g/mol. The summed E-state index contributed by atoms with van der Waals surface area (Å²) in [5.41, 5.74) is 1.22. The number of hydrogen-bond donors (Lipinski definition) is 1. The summed E-state index contributed by atoms with van der Waals surface area (Å²) in [5, 5.41) is 10.5. The third-order valence-electron chi connectivity index (χ3n) is 9.28. The van der Waals surface area contributed by atoms with Gasteiger partial charge in [-0.25, -0.2) is 0 Å². The first kappa shape index (κ1) is 30.5. The second-order valence-corrected chi connectivity index (χ2v) is 14.4.